The Kier molecular flexibility index (Phi) is 7.96. The molecule has 1 aromatic heterocycles. The summed E-state index contributed by atoms with van der Waals surface area (Å²) in [4.78, 5) is 30.8. The topological polar surface area (TPSA) is 123 Å². The number of carbonyl (C=O) groups excluding carboxylic acids is 2. The normalized spacial score (nSPS) is 14.5. The van der Waals surface area contributed by atoms with Crippen LogP contribution in [0.25, 0.3) is 11.6 Å². The second-order valence-electron chi connectivity index (χ2n) is 8.25. The third kappa shape index (κ3) is 5.40. The van der Waals surface area contributed by atoms with Gasteiger partial charge in [0.25, 0.3) is 5.91 Å². The van der Waals surface area contributed by atoms with Crippen LogP contribution in [-0.4, -0.2) is 63.3 Å². The van der Waals surface area contributed by atoms with E-state index in [0.717, 1.165) is 36.5 Å². The molecule has 10 heteroatoms. The van der Waals surface area contributed by atoms with Gasteiger partial charge in [-0.1, -0.05) is 13.8 Å². The molecule has 1 aliphatic rings. The molecule has 0 atom stereocenters. The van der Waals surface area contributed by atoms with Gasteiger partial charge in [-0.3, -0.25) is 9.59 Å². The lowest BCUT2D eigenvalue weighted by molar-refractivity contribution is -0.120. The molecule has 184 valence electrons. The molecule has 2 heterocycles. The number of nitrogens with one attached hydrogen (secondary N) is 4. The van der Waals surface area contributed by atoms with Crippen LogP contribution in [0.4, 0.5) is 5.69 Å². The number of H-pyrrole nitrogens is 1. The van der Waals surface area contributed by atoms with Crippen molar-refractivity contribution in [2.45, 2.75) is 39.0 Å². The number of sulfonamides is 1. The van der Waals surface area contributed by atoms with Crippen LogP contribution in [0, 0.1) is 13.8 Å². The van der Waals surface area contributed by atoms with Crippen LogP contribution in [0.15, 0.2) is 23.1 Å². The minimum Gasteiger partial charge on any atom is -0.359 e. The summed E-state index contributed by atoms with van der Waals surface area (Å²) in [6.07, 6.45) is 1.95. The van der Waals surface area contributed by atoms with E-state index >= 15 is 0 Å². The highest BCUT2D eigenvalue weighted by Crippen LogP contribution is 2.35. The summed E-state index contributed by atoms with van der Waals surface area (Å²) < 4.78 is 26.7. The lowest BCUT2D eigenvalue weighted by Crippen LogP contribution is -2.35. The molecule has 1 aromatic carbocycles. The van der Waals surface area contributed by atoms with Gasteiger partial charge in [-0.25, -0.2) is 13.1 Å². The number of likely N-dealkylation sites (N-methyl/N-ethyl adjacent to an activating group) is 1. The summed E-state index contributed by atoms with van der Waals surface area (Å²) in [5.74, 6) is -0.362. The largest absolute Gasteiger partial charge is 0.359 e. The van der Waals surface area contributed by atoms with Gasteiger partial charge in [0, 0.05) is 35.7 Å². The van der Waals surface area contributed by atoms with Crippen LogP contribution in [0.2, 0.25) is 0 Å². The molecule has 2 amide bonds. The number of amides is 2. The number of aromatic amines is 1. The summed E-state index contributed by atoms with van der Waals surface area (Å²) in [5.41, 5.74) is 4.77. The van der Waals surface area contributed by atoms with Gasteiger partial charge in [0.15, 0.2) is 0 Å². The number of aromatic nitrogens is 1. The number of benzene rings is 1. The Bertz CT molecular complexity index is 1230. The van der Waals surface area contributed by atoms with Crippen molar-refractivity contribution in [1.29, 1.82) is 0 Å². The number of nitrogens with zero attached hydrogens (tertiary/aromatic N) is 1. The Morgan fingerprint density at radius 1 is 1.18 bits per heavy atom. The van der Waals surface area contributed by atoms with E-state index in [4.69, 9.17) is 0 Å². The second kappa shape index (κ2) is 10.5. The van der Waals surface area contributed by atoms with Crippen LogP contribution in [0.1, 0.15) is 41.9 Å². The van der Waals surface area contributed by atoms with Crippen LogP contribution in [-0.2, 0) is 26.0 Å². The van der Waals surface area contributed by atoms with Crippen molar-refractivity contribution in [1.82, 2.24) is 19.9 Å². The summed E-state index contributed by atoms with van der Waals surface area (Å²) in [6.45, 7) is 11.3. The molecular weight excluding hydrogens is 454 g/mol. The average Bonchev–Trinajstić information content (AvgIpc) is 3.26. The molecule has 0 saturated carbocycles. The zero-order valence-corrected chi connectivity index (χ0v) is 21.1. The quantitative estimate of drug-likeness (QED) is 0.382. The third-order valence-corrected chi connectivity index (χ3v) is 7.67. The number of hydrogen-bond donors (Lipinski definition) is 4. The Hall–Kier alpha value is -2.95. The number of fused-ring (bicyclic) bond motifs is 1. The maximum atomic E-state index is 12.6. The van der Waals surface area contributed by atoms with Crippen molar-refractivity contribution in [3.63, 3.8) is 0 Å². The van der Waals surface area contributed by atoms with E-state index in [1.165, 1.54) is 19.2 Å². The van der Waals surface area contributed by atoms with Crippen molar-refractivity contribution < 1.29 is 18.0 Å². The Labute approximate surface area is 201 Å². The molecule has 34 heavy (non-hydrogen) atoms. The lowest BCUT2D eigenvalue weighted by Gasteiger charge is -2.18. The van der Waals surface area contributed by atoms with E-state index in [1.54, 1.807) is 12.1 Å². The van der Waals surface area contributed by atoms with E-state index in [0.29, 0.717) is 29.1 Å². The van der Waals surface area contributed by atoms with Crippen LogP contribution >= 0.6 is 0 Å². The van der Waals surface area contributed by atoms with Crippen molar-refractivity contribution in [2.24, 2.45) is 0 Å². The highest BCUT2D eigenvalue weighted by molar-refractivity contribution is 7.89. The molecule has 9 nitrogen and oxygen atoms in total. The maximum Gasteiger partial charge on any atom is 0.256 e. The Morgan fingerprint density at radius 3 is 2.53 bits per heavy atom. The van der Waals surface area contributed by atoms with Gasteiger partial charge in [-0.15, -0.1) is 0 Å². The van der Waals surface area contributed by atoms with Gasteiger partial charge in [-0.05, 0) is 69.4 Å². The van der Waals surface area contributed by atoms with Crippen LogP contribution < -0.4 is 15.4 Å². The highest BCUT2D eigenvalue weighted by atomic mass is 32.2. The summed E-state index contributed by atoms with van der Waals surface area (Å²) >= 11 is 0. The highest BCUT2D eigenvalue weighted by Gasteiger charge is 2.27. The molecule has 0 bridgehead atoms. The standard InChI is InChI=1S/C24H33N5O4S/c1-6-29(7-2)11-10-26-23(30)14-18-15(3)22(27-16(18)4)13-20-19-12-17(34(32,33)25-5)8-9-21(19)28-24(20)31/h8-9,12-13,25,27H,6-7,10-11,14H2,1-5H3,(H,26,30)(H,28,31). The van der Waals surface area contributed by atoms with Gasteiger partial charge in [-0.2, -0.15) is 0 Å². The first kappa shape index (κ1) is 25.7. The fourth-order valence-corrected chi connectivity index (χ4v) is 4.84. The smallest absolute Gasteiger partial charge is 0.256 e. The van der Waals surface area contributed by atoms with Crippen molar-refractivity contribution in [3.05, 3.63) is 46.3 Å². The summed E-state index contributed by atoms with van der Waals surface area (Å²) in [6, 6.07) is 4.52. The van der Waals surface area contributed by atoms with Gasteiger partial charge in [0.2, 0.25) is 15.9 Å². The first-order valence-corrected chi connectivity index (χ1v) is 12.9. The first-order chi connectivity index (χ1) is 16.1. The summed E-state index contributed by atoms with van der Waals surface area (Å²) in [7, 11) is -2.30. The zero-order valence-electron chi connectivity index (χ0n) is 20.3. The van der Waals surface area contributed by atoms with Crippen LogP contribution in [0.3, 0.4) is 0 Å². The van der Waals surface area contributed by atoms with Gasteiger partial charge < -0.3 is 20.5 Å². The molecule has 0 unspecified atom stereocenters. The predicted octanol–water partition coefficient (Wildman–Crippen LogP) is 2.03. The third-order valence-electron chi connectivity index (χ3n) is 6.26. The van der Waals surface area contributed by atoms with E-state index in [1.807, 2.05) is 13.8 Å². The SMILES string of the molecule is CCN(CC)CCNC(=O)Cc1c(C)[nH]c(C=C2C(=O)Nc3ccc(S(=O)(=O)NC)cc32)c1C. The van der Waals surface area contributed by atoms with Crippen molar-refractivity contribution >= 4 is 39.2 Å². The van der Waals surface area contributed by atoms with E-state index < -0.39 is 10.0 Å². The predicted molar refractivity (Wildman–Crippen MR) is 134 cm³/mol. The van der Waals surface area contributed by atoms with E-state index in [9.17, 15) is 18.0 Å². The molecule has 0 aliphatic carbocycles. The maximum absolute atomic E-state index is 12.6. The molecule has 3 rings (SSSR count). The lowest BCUT2D eigenvalue weighted by atomic mass is 10.0. The van der Waals surface area contributed by atoms with Crippen molar-refractivity contribution in [2.75, 3.05) is 38.5 Å². The first-order valence-electron chi connectivity index (χ1n) is 11.4. The molecule has 0 fully saturated rings. The second-order valence-corrected chi connectivity index (χ2v) is 10.1. The van der Waals surface area contributed by atoms with E-state index in [-0.39, 0.29) is 23.1 Å². The summed E-state index contributed by atoms with van der Waals surface area (Å²) in [5, 5.41) is 5.75. The molecular formula is C24H33N5O4S. The number of anilines is 1. The fraction of sp³-hybridized carbons (Fsp3) is 0.417. The number of hydrogen-bond acceptors (Lipinski definition) is 5. The monoisotopic (exact) mass is 487 g/mol. The van der Waals surface area contributed by atoms with Gasteiger partial charge in [0.05, 0.1) is 16.9 Å². The number of rotatable bonds is 10. The number of aryl methyl sites for hydroxylation is 1. The minimum atomic E-state index is -3.65. The zero-order chi connectivity index (χ0) is 25.0. The molecule has 4 N–H and O–H groups in total. The molecule has 1 aliphatic heterocycles. The van der Waals surface area contributed by atoms with E-state index in [2.05, 4.69) is 39.1 Å². The molecule has 0 spiro atoms. The molecule has 2 aromatic rings. The van der Waals surface area contributed by atoms with Crippen LogP contribution in [0.5, 0.6) is 0 Å². The molecule has 0 saturated heterocycles. The average molecular weight is 488 g/mol. The number of carbonyl (C=O) groups is 2. The van der Waals surface area contributed by atoms with Gasteiger partial charge in [0.1, 0.15) is 0 Å². The fourth-order valence-electron chi connectivity index (χ4n) is 4.08. The Morgan fingerprint density at radius 2 is 1.88 bits per heavy atom. The Balaban J connectivity index is 1.83. The molecule has 0 radical (unpaired) electrons. The van der Waals surface area contributed by atoms with Gasteiger partial charge >= 0.3 is 0 Å². The minimum absolute atomic E-state index is 0.0533. The van der Waals surface area contributed by atoms with Crippen molar-refractivity contribution in [3.8, 4) is 0 Å².